The molecule has 1 aliphatic rings. The predicted molar refractivity (Wildman–Crippen MR) is 116 cm³/mol. The maximum absolute atomic E-state index is 13.2. The minimum absolute atomic E-state index is 0. The largest absolute Gasteiger partial charge is 0.397 e. The Balaban J connectivity index is 0.00000300. The number of anilines is 1. The Morgan fingerprint density at radius 3 is 2.83 bits per heavy atom. The second-order valence-electron chi connectivity index (χ2n) is 7.96. The molecule has 0 aliphatic carbocycles. The first-order chi connectivity index (χ1) is 13.3. The Labute approximate surface area is 180 Å². The highest BCUT2D eigenvalue weighted by molar-refractivity contribution is 6.35. The summed E-state index contributed by atoms with van der Waals surface area (Å²) in [7, 11) is 0. The fourth-order valence-electron chi connectivity index (χ4n) is 4.00. The van der Waals surface area contributed by atoms with Gasteiger partial charge in [-0.05, 0) is 62.9 Å². The van der Waals surface area contributed by atoms with Gasteiger partial charge in [0.2, 0.25) is 0 Å². The molecule has 1 aromatic carbocycles. The highest BCUT2D eigenvalue weighted by Crippen LogP contribution is 2.37. The number of alkyl halides is 1. The van der Waals surface area contributed by atoms with Crippen LogP contribution in [0.1, 0.15) is 36.5 Å². The summed E-state index contributed by atoms with van der Waals surface area (Å²) < 4.78 is 13.2. The van der Waals surface area contributed by atoms with E-state index in [0.29, 0.717) is 33.7 Å². The van der Waals surface area contributed by atoms with Crippen LogP contribution in [0.15, 0.2) is 24.4 Å². The number of nitrogen functional groups attached to an aromatic ring is 1. The number of carbonyl (C=O) groups excluding carboxylic acids is 1. The van der Waals surface area contributed by atoms with E-state index in [1.54, 1.807) is 18.3 Å². The summed E-state index contributed by atoms with van der Waals surface area (Å²) >= 11 is 6.20. The summed E-state index contributed by atoms with van der Waals surface area (Å²) in [5, 5.41) is 17.4. The minimum Gasteiger partial charge on any atom is -0.397 e. The lowest BCUT2D eigenvalue weighted by molar-refractivity contribution is -0.0231. The van der Waals surface area contributed by atoms with Crippen LogP contribution in [0.5, 0.6) is 0 Å². The number of pyridine rings is 1. The number of fused-ring (bicyclic) bond motifs is 1. The van der Waals surface area contributed by atoms with Gasteiger partial charge in [0.25, 0.3) is 5.91 Å². The lowest BCUT2D eigenvalue weighted by Gasteiger charge is -2.41. The number of nitrogens with zero attached hydrogens (tertiary/aromatic N) is 1. The monoisotopic (exact) mass is 444 g/mol. The molecule has 0 radical (unpaired) electrons. The highest BCUT2D eigenvalue weighted by atomic mass is 35.5. The van der Waals surface area contributed by atoms with Gasteiger partial charge in [-0.1, -0.05) is 11.6 Å². The fraction of sp³-hybridized carbons (Fsp3) is 0.500. The van der Waals surface area contributed by atoms with Crippen LogP contribution in [0, 0.1) is 5.41 Å². The molecular formula is C20H27Cl2FN4O2. The van der Waals surface area contributed by atoms with Crippen molar-refractivity contribution in [1.29, 1.82) is 0 Å². The standard InChI is InChI=1S/C20H26ClFN4O2.ClH/c1-19(28,11-22)10-20(4-7-24-8-5-20)12-26-18(27)14-9-15(21)16(23)13-3-2-6-25-17(13)14;/h2-3,6,9,24,28H,4-5,7-8,10-12,23H2,1H3,(H,26,27);1H. The number of carbonyl (C=O) groups is 1. The number of hydrogen-bond donors (Lipinski definition) is 4. The predicted octanol–water partition coefficient (Wildman–Crippen LogP) is 3.10. The number of aliphatic hydroxyl groups is 1. The molecule has 1 amide bonds. The Bertz CT molecular complexity index is 873. The first-order valence-electron chi connectivity index (χ1n) is 9.37. The van der Waals surface area contributed by atoms with Gasteiger partial charge in [0.05, 0.1) is 27.4 Å². The number of nitrogens with one attached hydrogen (secondary N) is 2. The molecule has 1 aliphatic heterocycles. The van der Waals surface area contributed by atoms with Crippen LogP contribution >= 0.6 is 24.0 Å². The average Bonchev–Trinajstić information content (AvgIpc) is 2.69. The summed E-state index contributed by atoms with van der Waals surface area (Å²) in [6.07, 6.45) is 3.36. The Morgan fingerprint density at radius 2 is 2.17 bits per heavy atom. The van der Waals surface area contributed by atoms with Gasteiger partial charge in [0, 0.05) is 18.1 Å². The summed E-state index contributed by atoms with van der Waals surface area (Å²) in [5.74, 6) is -0.316. The average molecular weight is 445 g/mol. The van der Waals surface area contributed by atoms with Crippen molar-refractivity contribution >= 4 is 46.5 Å². The molecular weight excluding hydrogens is 418 g/mol. The van der Waals surface area contributed by atoms with Crippen LogP contribution < -0.4 is 16.4 Å². The molecule has 0 bridgehead atoms. The zero-order valence-corrected chi connectivity index (χ0v) is 17.9. The van der Waals surface area contributed by atoms with E-state index in [1.165, 1.54) is 13.0 Å². The van der Waals surface area contributed by atoms with Gasteiger partial charge in [0.15, 0.2) is 0 Å². The molecule has 1 saturated heterocycles. The van der Waals surface area contributed by atoms with Crippen molar-refractivity contribution in [3.63, 3.8) is 0 Å². The third-order valence-corrected chi connectivity index (χ3v) is 5.77. The zero-order valence-electron chi connectivity index (χ0n) is 16.3. The van der Waals surface area contributed by atoms with Gasteiger partial charge in [-0.25, -0.2) is 4.39 Å². The SMILES string of the molecule is CC(O)(CF)CC1(CNC(=O)c2cc(Cl)c(N)c3cccnc23)CCNCC1.Cl. The lowest BCUT2D eigenvalue weighted by atomic mass is 9.71. The molecule has 1 atom stereocenters. The van der Waals surface area contributed by atoms with Crippen LogP contribution in [0.3, 0.4) is 0 Å². The van der Waals surface area contributed by atoms with E-state index in [0.717, 1.165) is 25.9 Å². The number of piperidine rings is 1. The van der Waals surface area contributed by atoms with E-state index < -0.39 is 12.3 Å². The molecule has 3 rings (SSSR count). The molecule has 160 valence electrons. The maximum Gasteiger partial charge on any atom is 0.253 e. The Hall–Kier alpha value is -1.67. The molecule has 5 N–H and O–H groups in total. The Kier molecular flexibility index (Phi) is 7.67. The van der Waals surface area contributed by atoms with Crippen molar-refractivity contribution in [2.75, 3.05) is 32.0 Å². The minimum atomic E-state index is -1.42. The molecule has 9 heteroatoms. The molecule has 1 unspecified atom stereocenters. The van der Waals surface area contributed by atoms with E-state index in [4.69, 9.17) is 17.3 Å². The molecule has 29 heavy (non-hydrogen) atoms. The van der Waals surface area contributed by atoms with E-state index in [-0.39, 0.29) is 30.2 Å². The third-order valence-electron chi connectivity index (χ3n) is 5.46. The van der Waals surface area contributed by atoms with Crippen molar-refractivity contribution in [3.05, 3.63) is 35.0 Å². The first-order valence-corrected chi connectivity index (χ1v) is 9.75. The van der Waals surface area contributed by atoms with Gasteiger partial charge < -0.3 is 21.5 Å². The van der Waals surface area contributed by atoms with Crippen LogP contribution in [-0.2, 0) is 0 Å². The molecule has 1 aromatic heterocycles. The van der Waals surface area contributed by atoms with Gasteiger partial charge >= 0.3 is 0 Å². The number of amides is 1. The van der Waals surface area contributed by atoms with Crippen molar-refractivity contribution in [2.24, 2.45) is 5.41 Å². The summed E-state index contributed by atoms with van der Waals surface area (Å²) in [5.41, 5.74) is 5.43. The number of hydrogen-bond acceptors (Lipinski definition) is 5. The molecule has 6 nitrogen and oxygen atoms in total. The molecule has 1 fully saturated rings. The third kappa shape index (κ3) is 5.28. The maximum atomic E-state index is 13.2. The van der Waals surface area contributed by atoms with Crippen molar-refractivity contribution < 1.29 is 14.3 Å². The molecule has 2 heterocycles. The molecule has 0 saturated carbocycles. The van der Waals surface area contributed by atoms with Crippen LogP contribution in [-0.4, -0.2) is 47.9 Å². The fourth-order valence-corrected chi connectivity index (χ4v) is 4.21. The van der Waals surface area contributed by atoms with Crippen molar-refractivity contribution in [3.8, 4) is 0 Å². The Morgan fingerprint density at radius 1 is 1.48 bits per heavy atom. The van der Waals surface area contributed by atoms with E-state index >= 15 is 0 Å². The normalized spacial score (nSPS) is 17.9. The summed E-state index contributed by atoms with van der Waals surface area (Å²) in [6.45, 7) is 2.53. The summed E-state index contributed by atoms with van der Waals surface area (Å²) in [6, 6.07) is 5.03. The molecule has 2 aromatic rings. The quantitative estimate of drug-likeness (QED) is 0.512. The number of benzene rings is 1. The number of aromatic nitrogens is 1. The second-order valence-corrected chi connectivity index (χ2v) is 8.37. The van der Waals surface area contributed by atoms with Crippen LogP contribution in [0.25, 0.3) is 10.9 Å². The van der Waals surface area contributed by atoms with Crippen LogP contribution in [0.2, 0.25) is 5.02 Å². The van der Waals surface area contributed by atoms with Crippen LogP contribution in [0.4, 0.5) is 10.1 Å². The van der Waals surface area contributed by atoms with Gasteiger partial charge in [0.1, 0.15) is 6.67 Å². The van der Waals surface area contributed by atoms with E-state index in [1.807, 2.05) is 0 Å². The van der Waals surface area contributed by atoms with Gasteiger partial charge in [-0.2, -0.15) is 0 Å². The van der Waals surface area contributed by atoms with E-state index in [2.05, 4.69) is 15.6 Å². The van der Waals surface area contributed by atoms with Crippen molar-refractivity contribution in [2.45, 2.75) is 31.8 Å². The topological polar surface area (TPSA) is 100 Å². The smallest absolute Gasteiger partial charge is 0.253 e. The zero-order chi connectivity index (χ0) is 20.4. The number of halogens is 3. The molecule has 0 spiro atoms. The van der Waals surface area contributed by atoms with E-state index in [9.17, 15) is 14.3 Å². The lowest BCUT2D eigenvalue weighted by Crippen LogP contribution is -2.49. The number of nitrogens with two attached hydrogens (primary N) is 1. The van der Waals surface area contributed by atoms with Gasteiger partial charge in [-0.3, -0.25) is 9.78 Å². The number of rotatable bonds is 6. The van der Waals surface area contributed by atoms with Gasteiger partial charge in [-0.15, -0.1) is 12.4 Å². The highest BCUT2D eigenvalue weighted by Gasteiger charge is 2.39. The summed E-state index contributed by atoms with van der Waals surface area (Å²) in [4.78, 5) is 17.2. The van der Waals surface area contributed by atoms with Crippen molar-refractivity contribution in [1.82, 2.24) is 15.6 Å². The second kappa shape index (κ2) is 9.43. The first kappa shape index (κ1) is 23.6.